The second kappa shape index (κ2) is 6.21. The number of amides is 1. The van der Waals surface area contributed by atoms with Crippen molar-refractivity contribution in [1.82, 2.24) is 5.32 Å². The lowest BCUT2D eigenvalue weighted by molar-refractivity contribution is -0.172. The summed E-state index contributed by atoms with van der Waals surface area (Å²) in [5, 5.41) is 14.0. The summed E-state index contributed by atoms with van der Waals surface area (Å²) in [4.78, 5) is 25.0. The first-order valence-corrected chi connectivity index (χ1v) is 8.24. The molecule has 0 bridgehead atoms. The molecule has 0 radical (unpaired) electrons. The number of fused-ring (bicyclic) bond motifs is 1. The van der Waals surface area contributed by atoms with E-state index in [9.17, 15) is 19.1 Å². The standard InChI is InChI=1S/C20H20FNO4/c1-12(23)20(25)17(22-18(24)13-8-10-14(21)11-9-13)15-6-4-5-7-16(15)26-19(20,2)3/h4-11,17,25H,1-3H3,(H,22,24)/t17-,20+/m0/s1. The number of nitrogens with one attached hydrogen (secondary N) is 1. The van der Waals surface area contributed by atoms with E-state index in [1.165, 1.54) is 31.2 Å². The van der Waals surface area contributed by atoms with Crippen molar-refractivity contribution in [2.45, 2.75) is 38.0 Å². The molecule has 2 aromatic carbocycles. The summed E-state index contributed by atoms with van der Waals surface area (Å²) in [5.74, 6) is -1.03. The lowest BCUT2D eigenvalue weighted by Crippen LogP contribution is -2.67. The van der Waals surface area contributed by atoms with E-state index in [1.54, 1.807) is 38.1 Å². The summed E-state index contributed by atoms with van der Waals surface area (Å²) >= 11 is 0. The van der Waals surface area contributed by atoms with Crippen molar-refractivity contribution in [3.63, 3.8) is 0 Å². The van der Waals surface area contributed by atoms with Crippen LogP contribution >= 0.6 is 0 Å². The smallest absolute Gasteiger partial charge is 0.251 e. The Morgan fingerprint density at radius 2 is 1.73 bits per heavy atom. The SMILES string of the molecule is CC(=O)[C@@]1(O)[C@@H](NC(=O)c2ccc(F)cc2)c2ccccc2OC1(C)C. The molecule has 1 aliphatic rings. The van der Waals surface area contributed by atoms with E-state index < -0.39 is 34.8 Å². The minimum Gasteiger partial charge on any atom is -0.484 e. The molecule has 1 aliphatic heterocycles. The van der Waals surface area contributed by atoms with Gasteiger partial charge >= 0.3 is 0 Å². The number of para-hydroxylation sites is 1. The van der Waals surface area contributed by atoms with Crippen LogP contribution in [0, 0.1) is 5.82 Å². The Balaban J connectivity index is 2.07. The molecule has 5 nitrogen and oxygen atoms in total. The van der Waals surface area contributed by atoms with Gasteiger partial charge in [-0.15, -0.1) is 0 Å². The van der Waals surface area contributed by atoms with Crippen molar-refractivity contribution in [1.29, 1.82) is 0 Å². The van der Waals surface area contributed by atoms with E-state index in [4.69, 9.17) is 4.74 Å². The minimum absolute atomic E-state index is 0.221. The number of carbonyl (C=O) groups is 2. The number of ketones is 1. The van der Waals surface area contributed by atoms with Gasteiger partial charge in [0.25, 0.3) is 5.91 Å². The number of carbonyl (C=O) groups excluding carboxylic acids is 2. The Morgan fingerprint density at radius 1 is 1.12 bits per heavy atom. The number of ether oxygens (including phenoxy) is 1. The van der Waals surface area contributed by atoms with Crippen LogP contribution in [-0.4, -0.2) is 28.0 Å². The van der Waals surface area contributed by atoms with Crippen LogP contribution in [0.5, 0.6) is 5.75 Å². The topological polar surface area (TPSA) is 75.6 Å². The van der Waals surface area contributed by atoms with E-state index in [0.717, 1.165) is 0 Å². The zero-order valence-corrected chi connectivity index (χ0v) is 14.7. The lowest BCUT2D eigenvalue weighted by Gasteiger charge is -2.49. The number of aliphatic hydroxyl groups is 1. The average molecular weight is 357 g/mol. The third kappa shape index (κ3) is 2.76. The molecule has 136 valence electrons. The molecule has 2 atom stereocenters. The van der Waals surface area contributed by atoms with Gasteiger partial charge in [0.2, 0.25) is 0 Å². The highest BCUT2D eigenvalue weighted by atomic mass is 19.1. The Morgan fingerprint density at radius 3 is 2.35 bits per heavy atom. The highest BCUT2D eigenvalue weighted by Gasteiger charge is 2.59. The average Bonchev–Trinajstić information content (AvgIpc) is 2.58. The second-order valence-electron chi connectivity index (χ2n) is 6.89. The maximum atomic E-state index is 13.1. The van der Waals surface area contributed by atoms with Crippen molar-refractivity contribution in [3.8, 4) is 5.75 Å². The van der Waals surface area contributed by atoms with Crippen LogP contribution in [0.2, 0.25) is 0 Å². The molecule has 0 saturated heterocycles. The molecular formula is C20H20FNO4. The first-order chi connectivity index (χ1) is 12.2. The van der Waals surface area contributed by atoms with E-state index >= 15 is 0 Å². The molecule has 1 amide bonds. The van der Waals surface area contributed by atoms with Crippen LogP contribution in [0.1, 0.15) is 42.7 Å². The Kier molecular flexibility index (Phi) is 4.32. The maximum Gasteiger partial charge on any atom is 0.251 e. The highest BCUT2D eigenvalue weighted by Crippen LogP contribution is 2.46. The lowest BCUT2D eigenvalue weighted by atomic mass is 9.71. The number of hydrogen-bond donors (Lipinski definition) is 2. The first kappa shape index (κ1) is 18.1. The van der Waals surface area contributed by atoms with Gasteiger partial charge < -0.3 is 15.2 Å². The summed E-state index contributed by atoms with van der Waals surface area (Å²) < 4.78 is 19.0. The molecule has 0 unspecified atom stereocenters. The van der Waals surface area contributed by atoms with Gasteiger partial charge in [-0.2, -0.15) is 0 Å². The van der Waals surface area contributed by atoms with Crippen LogP contribution < -0.4 is 10.1 Å². The normalized spacial score (nSPS) is 23.5. The van der Waals surface area contributed by atoms with Gasteiger partial charge in [0.05, 0.1) is 6.04 Å². The molecule has 1 heterocycles. The third-order valence-electron chi connectivity index (χ3n) is 4.85. The van der Waals surface area contributed by atoms with Gasteiger partial charge in [-0.05, 0) is 51.1 Å². The van der Waals surface area contributed by atoms with Crippen LogP contribution in [0.4, 0.5) is 4.39 Å². The van der Waals surface area contributed by atoms with Gasteiger partial charge in [-0.1, -0.05) is 18.2 Å². The number of benzene rings is 2. The molecule has 0 saturated carbocycles. The van der Waals surface area contributed by atoms with Gasteiger partial charge in [-0.25, -0.2) is 4.39 Å². The summed E-state index contributed by atoms with van der Waals surface area (Å²) in [7, 11) is 0. The fourth-order valence-corrected chi connectivity index (χ4v) is 3.36. The van der Waals surface area contributed by atoms with E-state index in [0.29, 0.717) is 11.3 Å². The Labute approximate surface area is 150 Å². The Hall–Kier alpha value is -2.73. The maximum absolute atomic E-state index is 13.1. The predicted molar refractivity (Wildman–Crippen MR) is 93.4 cm³/mol. The number of halogens is 1. The fraction of sp³-hybridized carbons (Fsp3) is 0.300. The van der Waals surface area contributed by atoms with Crippen LogP contribution in [-0.2, 0) is 4.79 Å². The second-order valence-corrected chi connectivity index (χ2v) is 6.89. The van der Waals surface area contributed by atoms with E-state index in [1.807, 2.05) is 0 Å². The summed E-state index contributed by atoms with van der Waals surface area (Å²) in [6.07, 6.45) is 0. The van der Waals surface area contributed by atoms with Crippen LogP contribution in [0.25, 0.3) is 0 Å². The molecule has 0 aromatic heterocycles. The number of rotatable bonds is 3. The van der Waals surface area contributed by atoms with Gasteiger partial charge in [0, 0.05) is 11.1 Å². The van der Waals surface area contributed by atoms with Gasteiger partial charge in [0.15, 0.2) is 11.4 Å². The van der Waals surface area contributed by atoms with Crippen LogP contribution in [0.3, 0.4) is 0 Å². The van der Waals surface area contributed by atoms with Gasteiger partial charge in [0.1, 0.15) is 17.2 Å². The largest absolute Gasteiger partial charge is 0.484 e. The molecule has 0 spiro atoms. The highest BCUT2D eigenvalue weighted by molar-refractivity contribution is 5.96. The van der Waals surface area contributed by atoms with E-state index in [-0.39, 0.29) is 5.56 Å². The molecule has 3 rings (SSSR count). The summed E-state index contributed by atoms with van der Waals surface area (Å²) in [5.41, 5.74) is -2.52. The van der Waals surface area contributed by atoms with Gasteiger partial charge in [-0.3, -0.25) is 9.59 Å². The van der Waals surface area contributed by atoms with Crippen LogP contribution in [0.15, 0.2) is 48.5 Å². The Bertz CT molecular complexity index is 862. The third-order valence-corrected chi connectivity index (χ3v) is 4.85. The zero-order chi connectivity index (χ0) is 19.1. The zero-order valence-electron chi connectivity index (χ0n) is 14.7. The monoisotopic (exact) mass is 357 g/mol. The quantitative estimate of drug-likeness (QED) is 0.886. The summed E-state index contributed by atoms with van der Waals surface area (Å²) in [6.45, 7) is 4.46. The molecular weight excluding hydrogens is 337 g/mol. The summed E-state index contributed by atoms with van der Waals surface area (Å²) in [6, 6.07) is 10.9. The predicted octanol–water partition coefficient (Wildman–Crippen LogP) is 2.79. The van der Waals surface area contributed by atoms with Crippen molar-refractivity contribution in [2.24, 2.45) is 0 Å². The van der Waals surface area contributed by atoms with Crippen molar-refractivity contribution >= 4 is 11.7 Å². The molecule has 26 heavy (non-hydrogen) atoms. The molecule has 6 heteroatoms. The van der Waals surface area contributed by atoms with Crippen molar-refractivity contribution in [2.75, 3.05) is 0 Å². The molecule has 0 aliphatic carbocycles. The van der Waals surface area contributed by atoms with E-state index in [2.05, 4.69) is 5.32 Å². The van der Waals surface area contributed by atoms with Crippen molar-refractivity contribution in [3.05, 3.63) is 65.5 Å². The first-order valence-electron chi connectivity index (χ1n) is 8.24. The minimum atomic E-state index is -1.98. The fourth-order valence-electron chi connectivity index (χ4n) is 3.36. The molecule has 2 aromatic rings. The molecule has 2 N–H and O–H groups in total. The number of hydrogen-bond acceptors (Lipinski definition) is 4. The number of Topliss-reactive ketones (excluding diaryl/α,β-unsaturated/α-hetero) is 1. The van der Waals surface area contributed by atoms with Crippen molar-refractivity contribution < 1.29 is 23.8 Å². The molecule has 0 fully saturated rings.